The smallest absolute Gasteiger partial charge is 0.195 e. The lowest BCUT2D eigenvalue weighted by molar-refractivity contribution is 0.0991. The molecule has 1 N–H and O–H groups in total. The van der Waals surface area contributed by atoms with E-state index in [1.54, 1.807) is 0 Å². The molecule has 0 aliphatic carbocycles. The maximum absolute atomic E-state index is 14.1. The Balaban J connectivity index is 2.26. The van der Waals surface area contributed by atoms with E-state index in [0.29, 0.717) is 15.7 Å². The number of fused-ring (bicyclic) bond motifs is 1. The van der Waals surface area contributed by atoms with Gasteiger partial charge in [-0.1, -0.05) is 0 Å². The van der Waals surface area contributed by atoms with Crippen LogP contribution in [0.3, 0.4) is 0 Å². The molecule has 0 radical (unpaired) electrons. The number of ether oxygens (including phenoxy) is 1. The van der Waals surface area contributed by atoms with Crippen LogP contribution in [0.15, 0.2) is 12.1 Å². The van der Waals surface area contributed by atoms with Crippen LogP contribution in [0.25, 0.3) is 10.1 Å². The van der Waals surface area contributed by atoms with E-state index < -0.39 is 19.9 Å². The van der Waals surface area contributed by atoms with Crippen molar-refractivity contribution in [3.05, 3.63) is 22.8 Å². The molecular formula is C14H16FO5PS. The summed E-state index contributed by atoms with van der Waals surface area (Å²) in [7, 11) is 3.34. The highest BCUT2D eigenvalue weighted by atomic mass is 32.1. The van der Waals surface area contributed by atoms with Crippen molar-refractivity contribution in [1.29, 1.82) is 0 Å². The van der Waals surface area contributed by atoms with Gasteiger partial charge in [0.2, 0.25) is 0 Å². The first-order valence-electron chi connectivity index (χ1n) is 6.39. The van der Waals surface area contributed by atoms with Gasteiger partial charge in [-0.3, -0.25) is 4.79 Å². The van der Waals surface area contributed by atoms with Gasteiger partial charge >= 0.3 is 0 Å². The number of benzene rings is 1. The zero-order chi connectivity index (χ0) is 16.3. The number of phenolic OH excluding ortho intramolecular Hbond substituents is 1. The Morgan fingerprint density at radius 2 is 2.00 bits per heavy atom. The summed E-state index contributed by atoms with van der Waals surface area (Å²) in [5.41, 5.74) is 0. The lowest BCUT2D eigenvalue weighted by atomic mass is 10.2. The predicted octanol–water partition coefficient (Wildman–Crippen LogP) is 3.93. The number of ketones is 1. The van der Waals surface area contributed by atoms with Gasteiger partial charge in [0.05, 0.1) is 12.0 Å². The normalized spacial score (nSPS) is 11.3. The first-order chi connectivity index (χ1) is 10.5. The van der Waals surface area contributed by atoms with Crippen molar-refractivity contribution >= 4 is 35.6 Å². The van der Waals surface area contributed by atoms with Gasteiger partial charge < -0.3 is 18.9 Å². The number of halogens is 1. The number of Topliss-reactive ketones (excluding diaryl/α,β-unsaturated/α-hetero) is 1. The van der Waals surface area contributed by atoms with Crippen molar-refractivity contribution < 1.29 is 28.1 Å². The summed E-state index contributed by atoms with van der Waals surface area (Å²) in [5, 5.41) is 9.89. The number of thiophene rings is 1. The Morgan fingerprint density at radius 1 is 1.32 bits per heavy atom. The van der Waals surface area contributed by atoms with Crippen LogP contribution in [-0.2, 0) is 9.05 Å². The Kier molecular flexibility index (Phi) is 5.69. The first-order valence-corrected chi connectivity index (χ1v) is 8.57. The highest BCUT2D eigenvalue weighted by molar-refractivity contribution is 7.47. The molecule has 0 saturated carbocycles. The van der Waals surface area contributed by atoms with Gasteiger partial charge in [0.15, 0.2) is 31.5 Å². The average Bonchev–Trinajstić information content (AvgIpc) is 2.96. The Morgan fingerprint density at radius 3 is 2.59 bits per heavy atom. The zero-order valence-corrected chi connectivity index (χ0v) is 14.1. The Labute approximate surface area is 132 Å². The average molecular weight is 346 g/mol. The van der Waals surface area contributed by atoms with E-state index in [4.69, 9.17) is 13.8 Å². The summed E-state index contributed by atoms with van der Waals surface area (Å²) < 4.78 is 29.7. The number of hydrogen-bond donors (Lipinski definition) is 1. The van der Waals surface area contributed by atoms with Gasteiger partial charge in [-0.15, -0.1) is 11.3 Å². The van der Waals surface area contributed by atoms with Gasteiger partial charge in [0.25, 0.3) is 0 Å². The SMILES string of the molecule is COc1cc2sc(C(=O)CCP(OC)OC)cc2c(F)c1O. The third kappa shape index (κ3) is 3.38. The molecular weight excluding hydrogens is 330 g/mol. The van der Waals surface area contributed by atoms with Gasteiger partial charge in [0.1, 0.15) is 0 Å². The van der Waals surface area contributed by atoms with Gasteiger partial charge in [-0.05, 0) is 6.07 Å². The molecule has 0 aliphatic heterocycles. The van der Waals surface area contributed by atoms with Crippen molar-refractivity contribution in [2.45, 2.75) is 6.42 Å². The number of carbonyl (C=O) groups excluding carboxylic acids is 1. The van der Waals surface area contributed by atoms with E-state index in [9.17, 15) is 14.3 Å². The molecule has 2 rings (SSSR count). The minimum absolute atomic E-state index is 0.0492. The van der Waals surface area contributed by atoms with Crippen LogP contribution >= 0.6 is 19.7 Å². The van der Waals surface area contributed by atoms with Crippen molar-refractivity contribution in [2.24, 2.45) is 0 Å². The third-order valence-electron chi connectivity index (χ3n) is 3.12. The summed E-state index contributed by atoms with van der Waals surface area (Å²) in [6.07, 6.45) is 0.734. The maximum atomic E-state index is 14.1. The molecule has 2 aromatic rings. The molecule has 5 nitrogen and oxygen atoms in total. The van der Waals surface area contributed by atoms with Crippen molar-refractivity contribution in [1.82, 2.24) is 0 Å². The van der Waals surface area contributed by atoms with E-state index in [2.05, 4.69) is 0 Å². The molecule has 0 saturated heterocycles. The van der Waals surface area contributed by atoms with Crippen molar-refractivity contribution in [3.63, 3.8) is 0 Å². The molecule has 0 bridgehead atoms. The fourth-order valence-corrected chi connectivity index (χ4v) is 3.93. The van der Waals surface area contributed by atoms with Gasteiger partial charge in [0, 0.05) is 43.0 Å². The summed E-state index contributed by atoms with van der Waals surface area (Å²) >= 11 is 1.17. The zero-order valence-electron chi connectivity index (χ0n) is 12.4. The molecule has 1 heterocycles. The predicted molar refractivity (Wildman–Crippen MR) is 84.8 cm³/mol. The lowest BCUT2D eigenvalue weighted by Crippen LogP contribution is -2.00. The summed E-state index contributed by atoms with van der Waals surface area (Å²) in [5.74, 6) is -1.39. The molecule has 0 amide bonds. The Hall–Kier alpha value is -1.27. The van der Waals surface area contributed by atoms with E-state index >= 15 is 0 Å². The largest absolute Gasteiger partial charge is 0.502 e. The van der Waals surface area contributed by atoms with E-state index in [1.807, 2.05) is 0 Å². The molecule has 0 aliphatic rings. The lowest BCUT2D eigenvalue weighted by Gasteiger charge is -2.10. The van der Waals surface area contributed by atoms with E-state index in [1.165, 1.54) is 44.8 Å². The quantitative estimate of drug-likeness (QED) is 0.608. The second-order valence-electron chi connectivity index (χ2n) is 4.36. The van der Waals surface area contributed by atoms with Crippen LogP contribution < -0.4 is 4.74 Å². The van der Waals surface area contributed by atoms with Crippen LogP contribution in [0, 0.1) is 5.82 Å². The van der Waals surface area contributed by atoms with Crippen LogP contribution in [0.5, 0.6) is 11.5 Å². The van der Waals surface area contributed by atoms with Crippen LogP contribution in [0.4, 0.5) is 4.39 Å². The third-order valence-corrected chi connectivity index (χ3v) is 5.65. The number of phenols is 1. The van der Waals surface area contributed by atoms with Crippen molar-refractivity contribution in [3.8, 4) is 11.5 Å². The number of hydrogen-bond acceptors (Lipinski definition) is 6. The minimum atomic E-state index is -1.07. The van der Waals surface area contributed by atoms with E-state index in [-0.39, 0.29) is 23.3 Å². The standard InChI is InChI=1S/C14H16FO5PS/c1-18-10-7-11-8(13(15)14(10)17)6-12(22-11)9(16)4-5-21(19-2)20-3/h6-7,17H,4-5H2,1-3H3. The molecule has 1 aromatic heterocycles. The summed E-state index contributed by atoms with van der Waals surface area (Å²) in [6.45, 7) is 0. The maximum Gasteiger partial charge on any atom is 0.195 e. The molecule has 0 spiro atoms. The van der Waals surface area contributed by atoms with Crippen molar-refractivity contribution in [2.75, 3.05) is 27.5 Å². The fraction of sp³-hybridized carbons (Fsp3) is 0.357. The molecule has 0 fully saturated rings. The highest BCUT2D eigenvalue weighted by Gasteiger charge is 2.19. The molecule has 120 valence electrons. The monoisotopic (exact) mass is 346 g/mol. The second-order valence-corrected chi connectivity index (χ2v) is 7.29. The first kappa shape index (κ1) is 17.1. The summed E-state index contributed by atoms with van der Waals surface area (Å²) in [6, 6.07) is 2.98. The molecule has 0 atom stereocenters. The van der Waals surface area contributed by atoms with Crippen LogP contribution in [0.2, 0.25) is 0 Å². The highest BCUT2D eigenvalue weighted by Crippen LogP contribution is 2.40. The van der Waals surface area contributed by atoms with Crippen LogP contribution in [-0.4, -0.2) is 38.4 Å². The molecule has 22 heavy (non-hydrogen) atoms. The number of methoxy groups -OCH3 is 1. The Bertz CT molecular complexity index is 683. The second kappa shape index (κ2) is 7.33. The molecule has 0 unspecified atom stereocenters. The number of aromatic hydroxyl groups is 1. The molecule has 1 aromatic carbocycles. The van der Waals surface area contributed by atoms with Gasteiger partial charge in [-0.25, -0.2) is 4.39 Å². The minimum Gasteiger partial charge on any atom is -0.502 e. The van der Waals surface area contributed by atoms with Gasteiger partial charge in [-0.2, -0.15) is 0 Å². The summed E-state index contributed by atoms with van der Waals surface area (Å²) in [4.78, 5) is 12.6. The fourth-order valence-electron chi connectivity index (χ4n) is 1.97. The van der Waals surface area contributed by atoms with Crippen LogP contribution in [0.1, 0.15) is 16.1 Å². The number of carbonyl (C=O) groups is 1. The number of rotatable bonds is 7. The molecule has 8 heteroatoms. The van der Waals surface area contributed by atoms with E-state index in [0.717, 1.165) is 0 Å². The topological polar surface area (TPSA) is 65.0 Å².